The zero-order valence-electron chi connectivity index (χ0n) is 15.3. The van der Waals surface area contributed by atoms with Crippen molar-refractivity contribution in [2.24, 2.45) is 11.3 Å². The molecular formula is C22H28O3. The minimum Gasteiger partial charge on any atom is -0.497 e. The lowest BCUT2D eigenvalue weighted by Gasteiger charge is -2.54. The second kappa shape index (κ2) is 5.59. The average Bonchev–Trinajstić information content (AvgIpc) is 3.10. The van der Waals surface area contributed by atoms with Gasteiger partial charge in [0.05, 0.1) is 20.3 Å². The molecule has 1 aliphatic heterocycles. The number of fused-ring (bicyclic) bond motifs is 5. The van der Waals surface area contributed by atoms with Gasteiger partial charge in [0.25, 0.3) is 0 Å². The molecule has 1 saturated carbocycles. The Labute approximate surface area is 150 Å². The quantitative estimate of drug-likeness (QED) is 0.699. The van der Waals surface area contributed by atoms with Crippen LogP contribution in [0.5, 0.6) is 5.75 Å². The predicted molar refractivity (Wildman–Crippen MR) is 96.8 cm³/mol. The van der Waals surface area contributed by atoms with Crippen molar-refractivity contribution < 1.29 is 14.2 Å². The fourth-order valence-corrected chi connectivity index (χ4v) is 6.00. The van der Waals surface area contributed by atoms with E-state index in [1.165, 1.54) is 24.8 Å². The predicted octanol–water partition coefficient (Wildman–Crippen LogP) is 4.60. The van der Waals surface area contributed by atoms with Crippen LogP contribution in [0.1, 0.15) is 56.1 Å². The number of hydrogen-bond acceptors (Lipinski definition) is 3. The Hall–Kier alpha value is -1.32. The van der Waals surface area contributed by atoms with Crippen molar-refractivity contribution in [1.82, 2.24) is 0 Å². The fraction of sp³-hybridized carbons (Fsp3) is 0.636. The van der Waals surface area contributed by atoms with Crippen LogP contribution in [-0.4, -0.2) is 26.1 Å². The molecule has 0 unspecified atom stereocenters. The zero-order valence-corrected chi connectivity index (χ0v) is 15.3. The highest BCUT2D eigenvalue weighted by atomic mass is 16.7. The van der Waals surface area contributed by atoms with Gasteiger partial charge in [0.15, 0.2) is 5.79 Å². The summed E-state index contributed by atoms with van der Waals surface area (Å²) in [6, 6.07) is 6.71. The van der Waals surface area contributed by atoms with Gasteiger partial charge in [0.2, 0.25) is 0 Å². The number of aryl methyl sites for hydroxylation is 1. The van der Waals surface area contributed by atoms with E-state index in [1.54, 1.807) is 18.2 Å². The van der Waals surface area contributed by atoms with Gasteiger partial charge in [-0.25, -0.2) is 0 Å². The van der Waals surface area contributed by atoms with Crippen LogP contribution in [0.25, 0.3) is 0 Å². The first-order valence-electron chi connectivity index (χ1n) is 9.78. The van der Waals surface area contributed by atoms with E-state index in [2.05, 4.69) is 31.2 Å². The van der Waals surface area contributed by atoms with Gasteiger partial charge in [0.1, 0.15) is 5.75 Å². The molecule has 1 saturated heterocycles. The van der Waals surface area contributed by atoms with Crippen LogP contribution in [-0.2, 0) is 15.9 Å². The Morgan fingerprint density at radius 1 is 1.16 bits per heavy atom. The van der Waals surface area contributed by atoms with Gasteiger partial charge in [-0.1, -0.05) is 24.6 Å². The number of hydrogen-bond donors (Lipinski definition) is 0. The Bertz CT molecular complexity index is 716. The molecule has 1 spiro atoms. The van der Waals surface area contributed by atoms with Gasteiger partial charge >= 0.3 is 0 Å². The molecule has 4 aliphatic rings. The van der Waals surface area contributed by atoms with Crippen LogP contribution in [0.15, 0.2) is 29.8 Å². The van der Waals surface area contributed by atoms with Crippen molar-refractivity contribution in [2.75, 3.05) is 20.3 Å². The highest BCUT2D eigenvalue weighted by Gasteiger charge is 2.53. The first-order chi connectivity index (χ1) is 12.1. The van der Waals surface area contributed by atoms with Gasteiger partial charge in [-0.2, -0.15) is 0 Å². The van der Waals surface area contributed by atoms with Crippen LogP contribution in [0.3, 0.4) is 0 Å². The number of rotatable bonds is 1. The van der Waals surface area contributed by atoms with E-state index in [-0.39, 0.29) is 5.79 Å². The smallest absolute Gasteiger partial charge is 0.172 e. The van der Waals surface area contributed by atoms with E-state index >= 15 is 0 Å². The lowest BCUT2D eigenvalue weighted by Crippen LogP contribution is -2.47. The number of methoxy groups -OCH3 is 1. The molecule has 134 valence electrons. The first kappa shape index (κ1) is 15.9. The normalized spacial score (nSPS) is 35.5. The summed E-state index contributed by atoms with van der Waals surface area (Å²) in [5.41, 5.74) is 4.96. The van der Waals surface area contributed by atoms with Crippen LogP contribution in [0.4, 0.5) is 0 Å². The molecule has 3 aliphatic carbocycles. The van der Waals surface area contributed by atoms with Crippen molar-refractivity contribution in [2.45, 2.75) is 57.2 Å². The van der Waals surface area contributed by atoms with Gasteiger partial charge in [-0.15, -0.1) is 0 Å². The summed E-state index contributed by atoms with van der Waals surface area (Å²) in [5.74, 6) is 2.08. The van der Waals surface area contributed by atoms with Crippen molar-refractivity contribution >= 4 is 0 Å². The van der Waals surface area contributed by atoms with Gasteiger partial charge in [-0.3, -0.25) is 0 Å². The molecule has 1 aromatic carbocycles. The highest BCUT2D eigenvalue weighted by Crippen LogP contribution is 2.60. The average molecular weight is 340 g/mol. The van der Waals surface area contributed by atoms with Crippen LogP contribution in [0, 0.1) is 11.3 Å². The molecule has 1 aromatic rings. The molecule has 0 amide bonds. The van der Waals surface area contributed by atoms with Crippen molar-refractivity contribution in [3.63, 3.8) is 0 Å². The van der Waals surface area contributed by atoms with Crippen LogP contribution >= 0.6 is 0 Å². The third-order valence-corrected chi connectivity index (χ3v) is 7.43. The summed E-state index contributed by atoms with van der Waals surface area (Å²) in [6.07, 6.45) is 9.34. The molecule has 25 heavy (non-hydrogen) atoms. The highest BCUT2D eigenvalue weighted by molar-refractivity contribution is 5.42. The van der Waals surface area contributed by atoms with E-state index < -0.39 is 0 Å². The minimum absolute atomic E-state index is 0.307. The molecular weight excluding hydrogens is 312 g/mol. The molecule has 0 N–H and O–H groups in total. The third-order valence-electron chi connectivity index (χ3n) is 7.43. The van der Waals surface area contributed by atoms with E-state index in [0.717, 1.165) is 44.1 Å². The molecule has 0 radical (unpaired) electrons. The molecule has 2 fully saturated rings. The third kappa shape index (κ3) is 2.32. The Balaban J connectivity index is 1.49. The summed E-state index contributed by atoms with van der Waals surface area (Å²) < 4.78 is 17.5. The van der Waals surface area contributed by atoms with Crippen LogP contribution in [0.2, 0.25) is 0 Å². The van der Waals surface area contributed by atoms with Crippen molar-refractivity contribution in [3.05, 3.63) is 41.0 Å². The maximum Gasteiger partial charge on any atom is 0.172 e. The van der Waals surface area contributed by atoms with Crippen molar-refractivity contribution in [3.8, 4) is 5.75 Å². The number of allylic oxidation sites excluding steroid dienone is 1. The summed E-state index contributed by atoms with van der Waals surface area (Å²) in [7, 11) is 1.76. The summed E-state index contributed by atoms with van der Waals surface area (Å²) >= 11 is 0. The molecule has 3 atom stereocenters. The number of ether oxygens (including phenoxy) is 3. The molecule has 5 rings (SSSR count). The molecule has 0 aromatic heterocycles. The van der Waals surface area contributed by atoms with Gasteiger partial charge in [0, 0.05) is 12.8 Å². The first-order valence-corrected chi connectivity index (χ1v) is 9.78. The minimum atomic E-state index is -0.307. The zero-order chi connectivity index (χ0) is 17.1. The van der Waals surface area contributed by atoms with Gasteiger partial charge < -0.3 is 14.2 Å². The monoisotopic (exact) mass is 340 g/mol. The summed E-state index contributed by atoms with van der Waals surface area (Å²) in [5, 5.41) is 0. The van der Waals surface area contributed by atoms with E-state index in [4.69, 9.17) is 14.2 Å². The Morgan fingerprint density at radius 3 is 2.80 bits per heavy atom. The lowest BCUT2D eigenvalue weighted by atomic mass is 9.52. The standard InChI is InChI=1S/C22H28O3/c1-21-9-10-22(24-11-12-25-22)14-16(21)4-6-19-18-7-5-17(23-2)13-15(18)3-8-20(19)21/h4-5,7,13,19-20H,3,6,8-12,14H2,1-2H3/t19-,20-,21-/m0/s1. The van der Waals surface area contributed by atoms with Crippen molar-refractivity contribution in [1.29, 1.82) is 0 Å². The summed E-state index contributed by atoms with van der Waals surface area (Å²) in [4.78, 5) is 0. The summed E-state index contributed by atoms with van der Waals surface area (Å²) in [6.45, 7) is 4.02. The second-order valence-corrected chi connectivity index (χ2v) is 8.48. The van der Waals surface area contributed by atoms with E-state index in [1.807, 2.05) is 0 Å². The maximum atomic E-state index is 6.02. The largest absolute Gasteiger partial charge is 0.497 e. The Morgan fingerprint density at radius 2 is 2.00 bits per heavy atom. The Kier molecular flexibility index (Phi) is 3.55. The molecule has 3 nitrogen and oxygen atoms in total. The van der Waals surface area contributed by atoms with Crippen LogP contribution < -0.4 is 4.74 Å². The lowest BCUT2D eigenvalue weighted by molar-refractivity contribution is -0.181. The second-order valence-electron chi connectivity index (χ2n) is 8.48. The van der Waals surface area contributed by atoms with Gasteiger partial charge in [-0.05, 0) is 66.2 Å². The molecule has 0 bridgehead atoms. The number of benzene rings is 1. The van der Waals surface area contributed by atoms with E-state index in [0.29, 0.717) is 11.3 Å². The van der Waals surface area contributed by atoms with E-state index in [9.17, 15) is 0 Å². The SMILES string of the molecule is COc1ccc2c(c1)CC[C@H]1[C@H]2CC=C2CC3(CC[C@@]21C)OCCO3. The topological polar surface area (TPSA) is 27.7 Å². The maximum absolute atomic E-state index is 6.02. The fourth-order valence-electron chi connectivity index (χ4n) is 6.00. The molecule has 1 heterocycles. The molecule has 3 heteroatoms.